The number of nitrogens with zero attached hydrogens (tertiary/aromatic N) is 1. The summed E-state index contributed by atoms with van der Waals surface area (Å²) in [5.41, 5.74) is 6.26. The van der Waals surface area contributed by atoms with Gasteiger partial charge in [0.1, 0.15) is 5.75 Å². The number of carbonyl (C=O) groups is 1. The van der Waals surface area contributed by atoms with Crippen LogP contribution >= 0.6 is 0 Å². The Labute approximate surface area is 114 Å². The number of rotatable bonds is 8. The number of anilines is 1. The van der Waals surface area contributed by atoms with E-state index in [0.717, 1.165) is 0 Å². The largest absolute Gasteiger partial charge is 0.493 e. The van der Waals surface area contributed by atoms with Crippen LogP contribution in [-0.4, -0.2) is 30.5 Å². The van der Waals surface area contributed by atoms with E-state index in [9.17, 15) is 4.79 Å². The molecule has 0 aliphatic rings. The summed E-state index contributed by atoms with van der Waals surface area (Å²) in [6.45, 7) is 8.64. The Balaban J connectivity index is 2.38. The Kier molecular flexibility index (Phi) is 6.22. The van der Waals surface area contributed by atoms with Crippen LogP contribution in [0.4, 0.5) is 5.69 Å². The summed E-state index contributed by atoms with van der Waals surface area (Å²) in [7, 11) is 0. The molecular formula is C15H20N2O2. The lowest BCUT2D eigenvalue weighted by Crippen LogP contribution is -2.32. The van der Waals surface area contributed by atoms with Crippen molar-refractivity contribution in [2.24, 2.45) is 0 Å². The van der Waals surface area contributed by atoms with Gasteiger partial charge in [-0.1, -0.05) is 12.2 Å². The van der Waals surface area contributed by atoms with Gasteiger partial charge in [0.25, 0.3) is 0 Å². The number of hydrogen-bond acceptors (Lipinski definition) is 3. The van der Waals surface area contributed by atoms with Crippen molar-refractivity contribution in [3.8, 4) is 5.75 Å². The molecule has 0 bridgehead atoms. The highest BCUT2D eigenvalue weighted by Crippen LogP contribution is 2.13. The SMILES string of the molecule is C=CCN(CC=C)C(=O)CCOc1ccc(N)cc1. The van der Waals surface area contributed by atoms with E-state index in [1.54, 1.807) is 41.3 Å². The van der Waals surface area contributed by atoms with Crippen LogP contribution in [0.15, 0.2) is 49.6 Å². The summed E-state index contributed by atoms with van der Waals surface area (Å²) < 4.78 is 5.48. The fraction of sp³-hybridized carbons (Fsp3) is 0.267. The first-order valence-electron chi connectivity index (χ1n) is 6.15. The van der Waals surface area contributed by atoms with Crippen molar-refractivity contribution in [2.75, 3.05) is 25.4 Å². The van der Waals surface area contributed by atoms with Gasteiger partial charge in [0.2, 0.25) is 5.91 Å². The second-order valence-corrected chi connectivity index (χ2v) is 4.04. The summed E-state index contributed by atoms with van der Waals surface area (Å²) in [4.78, 5) is 13.6. The molecule has 1 rings (SSSR count). The lowest BCUT2D eigenvalue weighted by atomic mass is 10.3. The van der Waals surface area contributed by atoms with E-state index in [1.807, 2.05) is 0 Å². The molecule has 0 radical (unpaired) electrons. The molecule has 0 aliphatic carbocycles. The maximum absolute atomic E-state index is 11.9. The molecule has 1 aromatic rings. The summed E-state index contributed by atoms with van der Waals surface area (Å²) in [5.74, 6) is 0.733. The van der Waals surface area contributed by atoms with Crippen LogP contribution in [0, 0.1) is 0 Å². The molecule has 0 aliphatic heterocycles. The third kappa shape index (κ3) is 5.29. The summed E-state index contributed by atoms with van der Waals surface area (Å²) >= 11 is 0. The van der Waals surface area contributed by atoms with Gasteiger partial charge in [-0.2, -0.15) is 0 Å². The maximum atomic E-state index is 11.9. The van der Waals surface area contributed by atoms with Gasteiger partial charge in [0, 0.05) is 18.8 Å². The van der Waals surface area contributed by atoms with Gasteiger partial charge in [-0.15, -0.1) is 13.2 Å². The molecule has 0 atom stereocenters. The van der Waals surface area contributed by atoms with E-state index < -0.39 is 0 Å². The molecule has 0 spiro atoms. The van der Waals surface area contributed by atoms with Crippen molar-refractivity contribution in [1.29, 1.82) is 0 Å². The van der Waals surface area contributed by atoms with E-state index in [1.165, 1.54) is 0 Å². The van der Waals surface area contributed by atoms with Crippen LogP contribution in [0.2, 0.25) is 0 Å². The van der Waals surface area contributed by atoms with E-state index in [-0.39, 0.29) is 5.91 Å². The van der Waals surface area contributed by atoms with Gasteiger partial charge in [-0.25, -0.2) is 0 Å². The number of carbonyl (C=O) groups excluding carboxylic acids is 1. The monoisotopic (exact) mass is 260 g/mol. The number of ether oxygens (including phenoxy) is 1. The highest BCUT2D eigenvalue weighted by molar-refractivity contribution is 5.76. The van der Waals surface area contributed by atoms with Gasteiger partial charge in [0.15, 0.2) is 0 Å². The van der Waals surface area contributed by atoms with Crippen molar-refractivity contribution in [1.82, 2.24) is 4.90 Å². The van der Waals surface area contributed by atoms with Crippen LogP contribution in [0.25, 0.3) is 0 Å². The zero-order valence-corrected chi connectivity index (χ0v) is 11.0. The molecule has 0 fully saturated rings. The Morgan fingerprint density at radius 2 is 1.79 bits per heavy atom. The molecular weight excluding hydrogens is 240 g/mol. The van der Waals surface area contributed by atoms with Crippen molar-refractivity contribution >= 4 is 11.6 Å². The average Bonchev–Trinajstić information content (AvgIpc) is 2.40. The van der Waals surface area contributed by atoms with E-state index in [0.29, 0.717) is 37.6 Å². The standard InChI is InChI=1S/C15H20N2O2/c1-3-10-17(11-4-2)15(18)9-12-19-14-7-5-13(16)6-8-14/h3-8H,1-2,9-12,16H2. The minimum Gasteiger partial charge on any atom is -0.493 e. The highest BCUT2D eigenvalue weighted by atomic mass is 16.5. The summed E-state index contributed by atoms with van der Waals surface area (Å²) in [6, 6.07) is 7.09. The molecule has 0 heterocycles. The second-order valence-electron chi connectivity index (χ2n) is 4.04. The molecule has 2 N–H and O–H groups in total. The van der Waals surface area contributed by atoms with Crippen molar-refractivity contribution < 1.29 is 9.53 Å². The molecule has 19 heavy (non-hydrogen) atoms. The van der Waals surface area contributed by atoms with E-state index in [2.05, 4.69) is 13.2 Å². The molecule has 1 amide bonds. The van der Waals surface area contributed by atoms with Crippen LogP contribution in [0.1, 0.15) is 6.42 Å². The predicted molar refractivity (Wildman–Crippen MR) is 77.9 cm³/mol. The Morgan fingerprint density at radius 3 is 2.32 bits per heavy atom. The number of hydrogen-bond donors (Lipinski definition) is 1. The lowest BCUT2D eigenvalue weighted by Gasteiger charge is -2.19. The predicted octanol–water partition coefficient (Wildman–Crippen LogP) is 2.24. The van der Waals surface area contributed by atoms with Crippen LogP contribution in [0.3, 0.4) is 0 Å². The van der Waals surface area contributed by atoms with Crippen molar-refractivity contribution in [2.45, 2.75) is 6.42 Å². The number of benzene rings is 1. The fourth-order valence-electron chi connectivity index (χ4n) is 1.57. The van der Waals surface area contributed by atoms with Gasteiger partial charge in [-0.3, -0.25) is 4.79 Å². The third-order valence-electron chi connectivity index (χ3n) is 2.52. The summed E-state index contributed by atoms with van der Waals surface area (Å²) in [6.07, 6.45) is 3.72. The van der Waals surface area contributed by atoms with Crippen LogP contribution in [0.5, 0.6) is 5.75 Å². The zero-order valence-electron chi connectivity index (χ0n) is 11.0. The number of nitrogen functional groups attached to an aromatic ring is 1. The molecule has 0 unspecified atom stereocenters. The fourth-order valence-corrected chi connectivity index (χ4v) is 1.57. The first kappa shape index (κ1) is 14.8. The zero-order chi connectivity index (χ0) is 14.1. The Morgan fingerprint density at radius 1 is 1.21 bits per heavy atom. The van der Waals surface area contributed by atoms with Crippen LogP contribution in [-0.2, 0) is 4.79 Å². The topological polar surface area (TPSA) is 55.6 Å². The molecule has 0 saturated heterocycles. The van der Waals surface area contributed by atoms with Crippen molar-refractivity contribution in [3.05, 3.63) is 49.6 Å². The molecule has 0 saturated carbocycles. The third-order valence-corrected chi connectivity index (χ3v) is 2.52. The van der Waals surface area contributed by atoms with Gasteiger partial charge >= 0.3 is 0 Å². The van der Waals surface area contributed by atoms with Crippen LogP contribution < -0.4 is 10.5 Å². The molecule has 4 heteroatoms. The quantitative estimate of drug-likeness (QED) is 0.576. The minimum atomic E-state index is 0.0234. The van der Waals surface area contributed by atoms with Gasteiger partial charge in [-0.05, 0) is 24.3 Å². The first-order chi connectivity index (χ1) is 9.17. The van der Waals surface area contributed by atoms with Gasteiger partial charge in [0.05, 0.1) is 13.0 Å². The minimum absolute atomic E-state index is 0.0234. The average molecular weight is 260 g/mol. The van der Waals surface area contributed by atoms with E-state index in [4.69, 9.17) is 10.5 Å². The normalized spacial score (nSPS) is 9.68. The smallest absolute Gasteiger partial charge is 0.226 e. The maximum Gasteiger partial charge on any atom is 0.226 e. The highest BCUT2D eigenvalue weighted by Gasteiger charge is 2.10. The molecule has 4 nitrogen and oxygen atoms in total. The summed E-state index contributed by atoms with van der Waals surface area (Å²) in [5, 5.41) is 0. The number of nitrogens with two attached hydrogens (primary N) is 1. The first-order valence-corrected chi connectivity index (χ1v) is 6.15. The Bertz CT molecular complexity index is 416. The molecule has 0 aromatic heterocycles. The Hall–Kier alpha value is -2.23. The molecule has 1 aromatic carbocycles. The second kappa shape index (κ2) is 7.97. The van der Waals surface area contributed by atoms with E-state index >= 15 is 0 Å². The molecule has 102 valence electrons. The number of amides is 1. The lowest BCUT2D eigenvalue weighted by molar-refractivity contribution is -0.130. The van der Waals surface area contributed by atoms with Crippen molar-refractivity contribution in [3.63, 3.8) is 0 Å². The van der Waals surface area contributed by atoms with Gasteiger partial charge < -0.3 is 15.4 Å².